The summed E-state index contributed by atoms with van der Waals surface area (Å²) in [7, 11) is 1.30. The molecule has 0 saturated heterocycles. The summed E-state index contributed by atoms with van der Waals surface area (Å²) >= 11 is 0. The van der Waals surface area contributed by atoms with Gasteiger partial charge in [-0.05, 0) is 38.5 Å². The highest BCUT2D eigenvalue weighted by atomic mass is 31.2. The van der Waals surface area contributed by atoms with Crippen LogP contribution >= 0.6 is 7.82 Å². The number of carbonyl (C=O) groups excluding carboxylic acids is 1. The largest absolute Gasteiger partial charge is 0.756 e. The Morgan fingerprint density at radius 3 is 1.53 bits per heavy atom. The Morgan fingerprint density at radius 1 is 0.667 bits per heavy atom. The number of carbonyl (C=O) groups is 1. The summed E-state index contributed by atoms with van der Waals surface area (Å²) in [5, 5.41) is 13.9. The Morgan fingerprint density at radius 2 is 1.08 bits per heavy atom. The van der Waals surface area contributed by atoms with Gasteiger partial charge in [-0.1, -0.05) is 167 Å². The molecule has 304 valence electrons. The summed E-state index contributed by atoms with van der Waals surface area (Å²) in [4.78, 5) is 25.3. The highest BCUT2D eigenvalue weighted by molar-refractivity contribution is 7.45. The predicted molar refractivity (Wildman–Crippen MR) is 215 cm³/mol. The van der Waals surface area contributed by atoms with Gasteiger partial charge in [-0.2, -0.15) is 0 Å². The van der Waals surface area contributed by atoms with Crippen molar-refractivity contribution in [3.05, 3.63) is 12.2 Å². The molecule has 0 heterocycles. The van der Waals surface area contributed by atoms with Crippen LogP contribution in [0, 0.1) is 0 Å². The van der Waals surface area contributed by atoms with Gasteiger partial charge >= 0.3 is 0 Å². The lowest BCUT2D eigenvalue weighted by molar-refractivity contribution is -0.870. The maximum Gasteiger partial charge on any atom is 0.268 e. The molecule has 0 aliphatic heterocycles. The summed E-state index contributed by atoms with van der Waals surface area (Å²) < 4.78 is 23.2. The monoisotopic (exact) mass is 745 g/mol. The summed E-state index contributed by atoms with van der Waals surface area (Å²) in [5.74, 6) is -0.173. The highest BCUT2D eigenvalue weighted by Crippen LogP contribution is 2.38. The molecular formula is C42H85N2O6P. The number of likely N-dealkylation sites (N-methyl/N-ethyl adjacent to an activating group) is 1. The highest BCUT2D eigenvalue weighted by Gasteiger charge is 2.24. The maximum atomic E-state index is 12.8. The smallest absolute Gasteiger partial charge is 0.268 e. The molecule has 9 heteroatoms. The molecule has 0 aromatic rings. The van der Waals surface area contributed by atoms with Gasteiger partial charge in [0.25, 0.3) is 7.82 Å². The minimum atomic E-state index is -4.56. The third kappa shape index (κ3) is 37.4. The Kier molecular flexibility index (Phi) is 34.5. The molecule has 51 heavy (non-hydrogen) atoms. The van der Waals surface area contributed by atoms with Crippen LogP contribution < -0.4 is 10.2 Å². The van der Waals surface area contributed by atoms with Crippen LogP contribution in [0.4, 0.5) is 0 Å². The van der Waals surface area contributed by atoms with E-state index in [1.165, 1.54) is 122 Å². The fraction of sp³-hybridized carbons (Fsp3) is 0.929. The van der Waals surface area contributed by atoms with E-state index >= 15 is 0 Å². The van der Waals surface area contributed by atoms with Crippen molar-refractivity contribution in [2.75, 3.05) is 40.9 Å². The van der Waals surface area contributed by atoms with E-state index in [0.717, 1.165) is 51.4 Å². The number of rotatable bonds is 39. The van der Waals surface area contributed by atoms with Crippen molar-refractivity contribution < 1.29 is 32.9 Å². The molecule has 1 amide bonds. The van der Waals surface area contributed by atoms with Gasteiger partial charge in [0.2, 0.25) is 5.91 Å². The molecule has 0 bridgehead atoms. The lowest BCUT2D eigenvalue weighted by Crippen LogP contribution is -2.46. The number of nitrogens with one attached hydrogen (secondary N) is 1. The zero-order valence-electron chi connectivity index (χ0n) is 34.3. The molecule has 0 radical (unpaired) electrons. The normalized spacial score (nSPS) is 14.6. The molecule has 0 aromatic carbocycles. The van der Waals surface area contributed by atoms with E-state index < -0.39 is 20.0 Å². The van der Waals surface area contributed by atoms with Gasteiger partial charge in [0.15, 0.2) is 0 Å². The molecule has 8 nitrogen and oxygen atoms in total. The lowest BCUT2D eigenvalue weighted by atomic mass is 10.0. The van der Waals surface area contributed by atoms with Gasteiger partial charge in [0.1, 0.15) is 13.2 Å². The average molecular weight is 745 g/mol. The summed E-state index contributed by atoms with van der Waals surface area (Å²) in [6.07, 6.45) is 37.8. The summed E-state index contributed by atoms with van der Waals surface area (Å²) in [6.45, 7) is 4.71. The van der Waals surface area contributed by atoms with Crippen LogP contribution in [0.5, 0.6) is 0 Å². The van der Waals surface area contributed by atoms with E-state index in [-0.39, 0.29) is 19.1 Å². The molecule has 0 rings (SSSR count). The number of allylic oxidation sites excluding steroid dienone is 2. The minimum absolute atomic E-state index is 0.0123. The second-order valence-electron chi connectivity index (χ2n) is 16.1. The standard InChI is InChI=1S/C42H85N2O6P/c1-6-8-10-12-14-16-18-20-21-22-24-26-28-30-32-34-36-42(46)43-40(39-50-51(47,48)49-38-37-44(3,4)5)41(45)35-33-31-29-27-25-23-19-17-15-13-11-9-7-2/h21-22,40-41,45H,6-20,23-39H2,1-5H3,(H-,43,46,47,48)/b22-21-. The van der Waals surface area contributed by atoms with Crippen molar-refractivity contribution in [3.8, 4) is 0 Å². The van der Waals surface area contributed by atoms with Crippen molar-refractivity contribution in [2.24, 2.45) is 0 Å². The van der Waals surface area contributed by atoms with Gasteiger partial charge in [0.05, 0.1) is 39.9 Å². The molecule has 0 spiro atoms. The van der Waals surface area contributed by atoms with Gasteiger partial charge in [-0.25, -0.2) is 0 Å². The Bertz CT molecular complexity index is 850. The van der Waals surface area contributed by atoms with E-state index in [1.807, 2.05) is 21.1 Å². The third-order valence-corrected chi connectivity index (χ3v) is 10.7. The lowest BCUT2D eigenvalue weighted by Gasteiger charge is -2.30. The average Bonchev–Trinajstić information content (AvgIpc) is 3.07. The SMILES string of the molecule is CCCCCCCCC/C=C\CCCCCCCC(=O)NC(COP(=O)([O-])OCC[N+](C)(C)C)C(O)CCCCCCCCCCCCCCC. The summed E-state index contributed by atoms with van der Waals surface area (Å²) in [5.41, 5.74) is 0. The molecule has 0 aromatic heterocycles. The first-order valence-electron chi connectivity index (χ1n) is 21.5. The molecule has 0 aliphatic carbocycles. The van der Waals surface area contributed by atoms with Gasteiger partial charge in [0, 0.05) is 6.42 Å². The maximum absolute atomic E-state index is 12.8. The van der Waals surface area contributed by atoms with Crippen molar-refractivity contribution in [1.29, 1.82) is 0 Å². The molecule has 0 fully saturated rings. The first-order chi connectivity index (χ1) is 24.5. The number of aliphatic hydroxyl groups is 1. The van der Waals surface area contributed by atoms with Crippen molar-refractivity contribution >= 4 is 13.7 Å². The Balaban J connectivity index is 4.39. The number of phosphoric ester groups is 1. The second-order valence-corrected chi connectivity index (χ2v) is 17.5. The van der Waals surface area contributed by atoms with Crippen LogP contribution in [0.2, 0.25) is 0 Å². The number of hydrogen-bond donors (Lipinski definition) is 2. The number of nitrogens with zero attached hydrogens (tertiary/aromatic N) is 1. The van der Waals surface area contributed by atoms with E-state index in [1.54, 1.807) is 0 Å². The fourth-order valence-electron chi connectivity index (χ4n) is 6.27. The van der Waals surface area contributed by atoms with E-state index in [2.05, 4.69) is 31.3 Å². The number of unbranched alkanes of at least 4 members (excludes halogenated alkanes) is 24. The van der Waals surface area contributed by atoms with Crippen LogP contribution in [0.25, 0.3) is 0 Å². The van der Waals surface area contributed by atoms with Crippen molar-refractivity contribution in [1.82, 2.24) is 5.32 Å². The fourth-order valence-corrected chi connectivity index (χ4v) is 6.99. The number of aliphatic hydroxyl groups excluding tert-OH is 1. The van der Waals surface area contributed by atoms with Crippen LogP contribution in [0.3, 0.4) is 0 Å². The van der Waals surface area contributed by atoms with Crippen LogP contribution in [-0.4, -0.2) is 68.5 Å². The molecule has 2 N–H and O–H groups in total. The van der Waals surface area contributed by atoms with E-state index in [9.17, 15) is 19.4 Å². The summed E-state index contributed by atoms with van der Waals surface area (Å²) in [6, 6.07) is -0.799. The van der Waals surface area contributed by atoms with Gasteiger partial charge in [-0.15, -0.1) is 0 Å². The number of amides is 1. The first-order valence-corrected chi connectivity index (χ1v) is 23.0. The molecule has 0 aliphatic rings. The van der Waals surface area contributed by atoms with Gasteiger partial charge in [-0.3, -0.25) is 9.36 Å². The van der Waals surface area contributed by atoms with Crippen LogP contribution in [0.15, 0.2) is 12.2 Å². The first kappa shape index (κ1) is 50.2. The molecule has 3 atom stereocenters. The zero-order valence-corrected chi connectivity index (χ0v) is 35.2. The predicted octanol–water partition coefficient (Wildman–Crippen LogP) is 10.9. The second kappa shape index (κ2) is 35.0. The van der Waals surface area contributed by atoms with Crippen LogP contribution in [-0.2, 0) is 18.4 Å². The number of quaternary nitrogens is 1. The zero-order chi connectivity index (χ0) is 37.9. The van der Waals surface area contributed by atoms with Crippen molar-refractivity contribution in [2.45, 2.75) is 212 Å². The number of hydrogen-bond acceptors (Lipinski definition) is 6. The molecular weight excluding hydrogens is 659 g/mol. The minimum Gasteiger partial charge on any atom is -0.756 e. The van der Waals surface area contributed by atoms with Crippen LogP contribution in [0.1, 0.15) is 200 Å². The van der Waals surface area contributed by atoms with Gasteiger partial charge < -0.3 is 28.8 Å². The molecule has 3 unspecified atom stereocenters. The molecule has 0 saturated carbocycles. The Hall–Kier alpha value is -0.760. The van der Waals surface area contributed by atoms with E-state index in [0.29, 0.717) is 23.9 Å². The number of phosphoric acid groups is 1. The topological polar surface area (TPSA) is 108 Å². The van der Waals surface area contributed by atoms with Crippen molar-refractivity contribution in [3.63, 3.8) is 0 Å². The van der Waals surface area contributed by atoms with E-state index in [4.69, 9.17) is 9.05 Å². The quantitative estimate of drug-likeness (QED) is 0.0281. The third-order valence-electron chi connectivity index (χ3n) is 9.75. The Labute approximate surface area is 316 Å².